The Morgan fingerprint density at radius 3 is 2.57 bits per heavy atom. The molecule has 116 valence electrons. The minimum atomic E-state index is -0.260. The summed E-state index contributed by atoms with van der Waals surface area (Å²) in [5, 5.41) is 15.3. The van der Waals surface area contributed by atoms with Gasteiger partial charge in [0.2, 0.25) is 0 Å². The van der Waals surface area contributed by atoms with E-state index in [9.17, 15) is 9.90 Å². The summed E-state index contributed by atoms with van der Waals surface area (Å²) in [6, 6.07) is 7.63. The SMILES string of the molecule is COc1ccc(CCNC(=O)NCCC(O)C2CC2)cc1. The highest BCUT2D eigenvalue weighted by Crippen LogP contribution is 2.33. The molecule has 0 bridgehead atoms. The van der Waals surface area contributed by atoms with Crippen LogP contribution in [0.15, 0.2) is 24.3 Å². The first kappa shape index (κ1) is 15.6. The van der Waals surface area contributed by atoms with Crippen molar-refractivity contribution in [3.8, 4) is 5.75 Å². The van der Waals surface area contributed by atoms with Crippen molar-refractivity contribution in [1.82, 2.24) is 10.6 Å². The number of methoxy groups -OCH3 is 1. The first-order valence-corrected chi connectivity index (χ1v) is 7.51. The molecule has 3 N–H and O–H groups in total. The molecular formula is C16H24N2O3. The van der Waals surface area contributed by atoms with Crippen molar-refractivity contribution in [2.24, 2.45) is 5.92 Å². The van der Waals surface area contributed by atoms with E-state index in [0.29, 0.717) is 25.4 Å². The topological polar surface area (TPSA) is 70.6 Å². The van der Waals surface area contributed by atoms with Gasteiger partial charge < -0.3 is 20.5 Å². The van der Waals surface area contributed by atoms with E-state index >= 15 is 0 Å². The fraction of sp³-hybridized carbons (Fsp3) is 0.562. The van der Waals surface area contributed by atoms with Crippen LogP contribution in [0.4, 0.5) is 4.79 Å². The average molecular weight is 292 g/mol. The summed E-state index contributed by atoms with van der Waals surface area (Å²) in [6.07, 6.45) is 3.40. The lowest BCUT2D eigenvalue weighted by Crippen LogP contribution is -2.38. The lowest BCUT2D eigenvalue weighted by Gasteiger charge is -2.11. The highest BCUT2D eigenvalue weighted by atomic mass is 16.5. The maximum atomic E-state index is 11.6. The lowest BCUT2D eigenvalue weighted by atomic mass is 10.1. The van der Waals surface area contributed by atoms with E-state index in [2.05, 4.69) is 10.6 Å². The van der Waals surface area contributed by atoms with Gasteiger partial charge in [0.15, 0.2) is 0 Å². The van der Waals surface area contributed by atoms with E-state index in [-0.39, 0.29) is 12.1 Å². The van der Waals surface area contributed by atoms with Gasteiger partial charge in [0, 0.05) is 13.1 Å². The number of aliphatic hydroxyl groups is 1. The molecule has 0 spiro atoms. The van der Waals surface area contributed by atoms with Gasteiger partial charge in [0.25, 0.3) is 0 Å². The number of ether oxygens (including phenoxy) is 1. The second-order valence-electron chi connectivity index (χ2n) is 5.47. The Hall–Kier alpha value is -1.75. The minimum absolute atomic E-state index is 0.175. The molecule has 0 saturated heterocycles. The van der Waals surface area contributed by atoms with Crippen LogP contribution in [0.25, 0.3) is 0 Å². The smallest absolute Gasteiger partial charge is 0.314 e. The van der Waals surface area contributed by atoms with Crippen molar-refractivity contribution in [3.63, 3.8) is 0 Å². The van der Waals surface area contributed by atoms with Crippen molar-refractivity contribution in [3.05, 3.63) is 29.8 Å². The van der Waals surface area contributed by atoms with Gasteiger partial charge in [-0.15, -0.1) is 0 Å². The molecule has 2 amide bonds. The second-order valence-corrected chi connectivity index (χ2v) is 5.47. The number of urea groups is 1. The van der Waals surface area contributed by atoms with Crippen molar-refractivity contribution in [2.75, 3.05) is 20.2 Å². The van der Waals surface area contributed by atoms with Crippen LogP contribution >= 0.6 is 0 Å². The summed E-state index contributed by atoms with van der Waals surface area (Å²) in [5.74, 6) is 1.30. The predicted molar refractivity (Wildman–Crippen MR) is 81.4 cm³/mol. The van der Waals surface area contributed by atoms with Gasteiger partial charge in [-0.1, -0.05) is 12.1 Å². The number of carbonyl (C=O) groups excluding carboxylic acids is 1. The summed E-state index contributed by atoms with van der Waals surface area (Å²) < 4.78 is 5.10. The minimum Gasteiger partial charge on any atom is -0.497 e. The molecule has 1 unspecified atom stereocenters. The maximum Gasteiger partial charge on any atom is 0.314 e. The monoisotopic (exact) mass is 292 g/mol. The molecule has 0 aliphatic heterocycles. The largest absolute Gasteiger partial charge is 0.497 e. The molecule has 0 radical (unpaired) electrons. The summed E-state index contributed by atoms with van der Waals surface area (Å²) in [7, 11) is 1.64. The van der Waals surface area contributed by atoms with Gasteiger partial charge in [0.05, 0.1) is 13.2 Å². The first-order valence-electron chi connectivity index (χ1n) is 7.51. The number of aliphatic hydroxyl groups excluding tert-OH is 1. The van der Waals surface area contributed by atoms with E-state index in [1.807, 2.05) is 24.3 Å². The molecule has 1 aromatic rings. The zero-order valence-corrected chi connectivity index (χ0v) is 12.5. The van der Waals surface area contributed by atoms with Gasteiger partial charge in [0.1, 0.15) is 5.75 Å². The quantitative estimate of drug-likeness (QED) is 0.683. The molecule has 5 heteroatoms. The van der Waals surface area contributed by atoms with E-state index in [4.69, 9.17) is 4.74 Å². The fourth-order valence-corrected chi connectivity index (χ4v) is 2.23. The summed E-state index contributed by atoms with van der Waals surface area (Å²) >= 11 is 0. The van der Waals surface area contributed by atoms with Crippen molar-refractivity contribution >= 4 is 6.03 Å². The fourth-order valence-electron chi connectivity index (χ4n) is 2.23. The van der Waals surface area contributed by atoms with Crippen molar-refractivity contribution < 1.29 is 14.6 Å². The van der Waals surface area contributed by atoms with Crippen LogP contribution in [0.1, 0.15) is 24.8 Å². The Labute approximate surface area is 125 Å². The van der Waals surface area contributed by atoms with E-state index < -0.39 is 0 Å². The first-order chi connectivity index (χ1) is 10.2. The Balaban J connectivity index is 1.55. The molecule has 2 rings (SSSR count). The molecule has 1 saturated carbocycles. The highest BCUT2D eigenvalue weighted by molar-refractivity contribution is 5.73. The van der Waals surface area contributed by atoms with Crippen LogP contribution in [0.3, 0.4) is 0 Å². The van der Waals surface area contributed by atoms with Gasteiger partial charge in [-0.25, -0.2) is 4.79 Å². The van der Waals surface area contributed by atoms with Gasteiger partial charge in [-0.05, 0) is 49.3 Å². The number of hydrogen-bond donors (Lipinski definition) is 3. The Kier molecular flexibility index (Phi) is 5.87. The number of benzene rings is 1. The van der Waals surface area contributed by atoms with E-state index in [0.717, 1.165) is 30.6 Å². The molecule has 21 heavy (non-hydrogen) atoms. The lowest BCUT2D eigenvalue weighted by molar-refractivity contribution is 0.141. The Morgan fingerprint density at radius 1 is 1.29 bits per heavy atom. The number of amides is 2. The maximum absolute atomic E-state index is 11.6. The molecule has 1 fully saturated rings. The highest BCUT2D eigenvalue weighted by Gasteiger charge is 2.29. The molecule has 1 aromatic carbocycles. The molecule has 1 aliphatic carbocycles. The third kappa shape index (κ3) is 5.63. The van der Waals surface area contributed by atoms with E-state index in [1.54, 1.807) is 7.11 Å². The van der Waals surface area contributed by atoms with Gasteiger partial charge in [-0.3, -0.25) is 0 Å². The van der Waals surface area contributed by atoms with Crippen LogP contribution in [0.2, 0.25) is 0 Å². The third-order valence-corrected chi connectivity index (χ3v) is 3.75. The summed E-state index contributed by atoms with van der Waals surface area (Å²) in [4.78, 5) is 11.6. The average Bonchev–Trinajstić information content (AvgIpc) is 3.32. The molecular weight excluding hydrogens is 268 g/mol. The summed E-state index contributed by atoms with van der Waals surface area (Å²) in [5.41, 5.74) is 1.15. The van der Waals surface area contributed by atoms with Crippen LogP contribution in [-0.2, 0) is 6.42 Å². The Bertz CT molecular complexity index is 443. The predicted octanol–water partition coefficient (Wildman–Crippen LogP) is 1.70. The third-order valence-electron chi connectivity index (χ3n) is 3.75. The second kappa shape index (κ2) is 7.88. The molecule has 5 nitrogen and oxygen atoms in total. The molecule has 1 atom stereocenters. The number of rotatable bonds is 8. The van der Waals surface area contributed by atoms with Crippen molar-refractivity contribution in [1.29, 1.82) is 0 Å². The van der Waals surface area contributed by atoms with Gasteiger partial charge >= 0.3 is 6.03 Å². The van der Waals surface area contributed by atoms with Crippen LogP contribution in [0.5, 0.6) is 5.75 Å². The molecule has 0 aromatic heterocycles. The molecule has 0 heterocycles. The zero-order chi connectivity index (χ0) is 15.1. The van der Waals surface area contributed by atoms with Crippen LogP contribution in [0, 0.1) is 5.92 Å². The van der Waals surface area contributed by atoms with Crippen LogP contribution < -0.4 is 15.4 Å². The van der Waals surface area contributed by atoms with E-state index in [1.165, 1.54) is 0 Å². The number of nitrogens with one attached hydrogen (secondary N) is 2. The normalized spacial score (nSPS) is 15.3. The van der Waals surface area contributed by atoms with Crippen molar-refractivity contribution in [2.45, 2.75) is 31.8 Å². The van der Waals surface area contributed by atoms with Crippen LogP contribution in [-0.4, -0.2) is 37.4 Å². The zero-order valence-electron chi connectivity index (χ0n) is 12.5. The van der Waals surface area contributed by atoms with Gasteiger partial charge in [-0.2, -0.15) is 0 Å². The standard InChI is InChI=1S/C16H24N2O3/c1-21-14-6-2-12(3-7-14)8-10-17-16(20)18-11-9-15(19)13-4-5-13/h2-3,6-7,13,15,19H,4-5,8-11H2,1H3,(H2,17,18,20). The number of carbonyl (C=O) groups is 1. The molecule has 1 aliphatic rings. The number of hydrogen-bond acceptors (Lipinski definition) is 3. The Morgan fingerprint density at radius 2 is 1.95 bits per heavy atom. The summed E-state index contributed by atoms with van der Waals surface area (Å²) in [6.45, 7) is 1.11.